The van der Waals surface area contributed by atoms with E-state index in [0.29, 0.717) is 31.0 Å². The lowest BCUT2D eigenvalue weighted by atomic mass is 10.1. The maximum atomic E-state index is 13.5. The normalized spacial score (nSPS) is 14.3. The largest absolute Gasteiger partial charge is 0.375 e. The molecular formula is C21H24FN3O3. The number of nitrogens with one attached hydrogen (secondary N) is 1. The summed E-state index contributed by atoms with van der Waals surface area (Å²) in [7, 11) is 1.45. The molecule has 1 aliphatic rings. The van der Waals surface area contributed by atoms with E-state index in [1.54, 1.807) is 21.9 Å². The van der Waals surface area contributed by atoms with E-state index in [-0.39, 0.29) is 24.4 Å². The molecule has 6 nitrogen and oxygen atoms in total. The molecule has 1 saturated heterocycles. The molecule has 3 amide bonds. The summed E-state index contributed by atoms with van der Waals surface area (Å²) in [6.07, 6.45) is 0.778. The molecule has 148 valence electrons. The smallest absolute Gasteiger partial charge is 0.324 e. The van der Waals surface area contributed by atoms with Crippen molar-refractivity contribution in [3.63, 3.8) is 0 Å². The third kappa shape index (κ3) is 4.67. The number of carbonyl (C=O) groups excluding carboxylic acids is 2. The lowest BCUT2D eigenvalue weighted by Gasteiger charge is -2.36. The van der Waals surface area contributed by atoms with Crippen LogP contribution in [-0.2, 0) is 16.1 Å². The minimum Gasteiger partial charge on any atom is -0.375 e. The Morgan fingerprint density at radius 1 is 1.21 bits per heavy atom. The van der Waals surface area contributed by atoms with Crippen molar-refractivity contribution >= 4 is 23.3 Å². The molecule has 0 saturated carbocycles. The quantitative estimate of drug-likeness (QED) is 0.827. The molecule has 2 aromatic carbocycles. The molecule has 0 aromatic heterocycles. The Morgan fingerprint density at radius 2 is 2.04 bits per heavy atom. The maximum Gasteiger partial charge on any atom is 0.324 e. The monoisotopic (exact) mass is 385 g/mol. The molecule has 28 heavy (non-hydrogen) atoms. The third-order valence-electron chi connectivity index (χ3n) is 4.57. The number of carbonyl (C=O) groups is 2. The van der Waals surface area contributed by atoms with Crippen LogP contribution in [0.25, 0.3) is 0 Å². The van der Waals surface area contributed by atoms with E-state index in [0.717, 1.165) is 17.5 Å². The van der Waals surface area contributed by atoms with E-state index in [1.165, 1.54) is 19.2 Å². The van der Waals surface area contributed by atoms with Crippen molar-refractivity contribution in [2.24, 2.45) is 0 Å². The van der Waals surface area contributed by atoms with Crippen LogP contribution < -0.4 is 10.2 Å². The zero-order valence-electron chi connectivity index (χ0n) is 16.1. The number of hydrogen-bond acceptors (Lipinski definition) is 3. The second-order valence-corrected chi connectivity index (χ2v) is 6.84. The Bertz CT molecular complexity index is 872. The summed E-state index contributed by atoms with van der Waals surface area (Å²) in [6.45, 7) is 3.35. The second kappa shape index (κ2) is 8.84. The number of halogens is 1. The van der Waals surface area contributed by atoms with Crippen molar-refractivity contribution in [3.8, 4) is 0 Å². The van der Waals surface area contributed by atoms with E-state index >= 15 is 0 Å². The Hall–Kier alpha value is -2.93. The van der Waals surface area contributed by atoms with Crippen molar-refractivity contribution in [2.45, 2.75) is 19.9 Å². The number of amides is 3. The molecule has 0 bridgehead atoms. The maximum absolute atomic E-state index is 13.5. The molecule has 1 aliphatic heterocycles. The number of benzene rings is 2. The SMILES string of the molecule is COCC(=O)Nc1cc(C)ccc1N1CCCN(Cc2cccc(F)c2)C1=O. The first-order valence-corrected chi connectivity index (χ1v) is 9.18. The number of methoxy groups -OCH3 is 1. The Kier molecular flexibility index (Phi) is 6.26. The second-order valence-electron chi connectivity index (χ2n) is 6.84. The number of hydrogen-bond donors (Lipinski definition) is 1. The molecule has 7 heteroatoms. The molecule has 0 aliphatic carbocycles. The summed E-state index contributed by atoms with van der Waals surface area (Å²) in [6, 6.07) is 11.7. The van der Waals surface area contributed by atoms with Gasteiger partial charge in [0, 0.05) is 26.7 Å². The van der Waals surface area contributed by atoms with Crippen LogP contribution in [0.15, 0.2) is 42.5 Å². The molecular weight excluding hydrogens is 361 g/mol. The van der Waals surface area contributed by atoms with Gasteiger partial charge >= 0.3 is 6.03 Å². The van der Waals surface area contributed by atoms with Crippen LogP contribution in [-0.4, -0.2) is 43.6 Å². The first-order valence-electron chi connectivity index (χ1n) is 9.18. The molecule has 0 radical (unpaired) electrons. The number of nitrogens with zero attached hydrogens (tertiary/aromatic N) is 2. The van der Waals surface area contributed by atoms with Crippen molar-refractivity contribution in [2.75, 3.05) is 37.0 Å². The Labute approximate surface area is 163 Å². The highest BCUT2D eigenvalue weighted by Gasteiger charge is 2.28. The fraction of sp³-hybridized carbons (Fsp3) is 0.333. The summed E-state index contributed by atoms with van der Waals surface area (Å²) < 4.78 is 18.3. The molecule has 2 aromatic rings. The van der Waals surface area contributed by atoms with E-state index in [2.05, 4.69) is 5.32 Å². The average molecular weight is 385 g/mol. The zero-order chi connectivity index (χ0) is 20.1. The fourth-order valence-corrected chi connectivity index (χ4v) is 3.31. The first kappa shape index (κ1) is 19.8. The van der Waals surface area contributed by atoms with Gasteiger partial charge in [-0.05, 0) is 48.7 Å². The number of rotatable bonds is 6. The van der Waals surface area contributed by atoms with E-state index in [4.69, 9.17) is 4.74 Å². The number of ether oxygens (including phenoxy) is 1. The van der Waals surface area contributed by atoms with Gasteiger partial charge in [-0.3, -0.25) is 9.69 Å². The van der Waals surface area contributed by atoms with Gasteiger partial charge in [-0.15, -0.1) is 0 Å². The van der Waals surface area contributed by atoms with Crippen molar-refractivity contribution in [3.05, 3.63) is 59.4 Å². The van der Waals surface area contributed by atoms with Crippen molar-refractivity contribution in [1.29, 1.82) is 0 Å². The van der Waals surface area contributed by atoms with Gasteiger partial charge < -0.3 is 15.0 Å². The van der Waals surface area contributed by atoms with E-state index in [9.17, 15) is 14.0 Å². The lowest BCUT2D eigenvalue weighted by Crippen LogP contribution is -2.49. The lowest BCUT2D eigenvalue weighted by molar-refractivity contribution is -0.119. The predicted molar refractivity (Wildman–Crippen MR) is 106 cm³/mol. The molecule has 1 N–H and O–H groups in total. The fourth-order valence-electron chi connectivity index (χ4n) is 3.31. The van der Waals surface area contributed by atoms with Crippen LogP contribution in [0.2, 0.25) is 0 Å². The predicted octanol–water partition coefficient (Wildman–Crippen LogP) is 3.55. The molecule has 0 unspecified atom stereocenters. The minimum atomic E-state index is -0.319. The standard InChI is InChI=1S/C21H24FN3O3/c1-15-7-8-19(18(11-15)23-20(26)14-28-2)25-10-4-9-24(21(25)27)13-16-5-3-6-17(22)12-16/h3,5-8,11-12H,4,9-10,13-14H2,1-2H3,(H,23,26). The van der Waals surface area contributed by atoms with Gasteiger partial charge in [-0.1, -0.05) is 18.2 Å². The third-order valence-corrected chi connectivity index (χ3v) is 4.57. The summed E-state index contributed by atoms with van der Waals surface area (Å²) in [4.78, 5) is 28.4. The number of aryl methyl sites for hydroxylation is 1. The van der Waals surface area contributed by atoms with Gasteiger partial charge in [-0.25, -0.2) is 9.18 Å². The summed E-state index contributed by atoms with van der Waals surface area (Å²) in [5.41, 5.74) is 2.93. The van der Waals surface area contributed by atoms with Gasteiger partial charge in [0.15, 0.2) is 0 Å². The van der Waals surface area contributed by atoms with E-state index < -0.39 is 0 Å². The summed E-state index contributed by atoms with van der Waals surface area (Å²) >= 11 is 0. The van der Waals surface area contributed by atoms with Crippen LogP contribution in [0.1, 0.15) is 17.5 Å². The van der Waals surface area contributed by atoms with Gasteiger partial charge in [0.05, 0.1) is 11.4 Å². The number of urea groups is 1. The van der Waals surface area contributed by atoms with Gasteiger partial charge in [0.25, 0.3) is 0 Å². The summed E-state index contributed by atoms with van der Waals surface area (Å²) in [5.74, 6) is -0.601. The van der Waals surface area contributed by atoms with Gasteiger partial charge in [0.2, 0.25) is 5.91 Å². The minimum absolute atomic E-state index is 0.0625. The van der Waals surface area contributed by atoms with Crippen molar-refractivity contribution in [1.82, 2.24) is 4.90 Å². The van der Waals surface area contributed by atoms with Crippen LogP contribution >= 0.6 is 0 Å². The molecule has 3 rings (SSSR count). The van der Waals surface area contributed by atoms with Gasteiger partial charge in [-0.2, -0.15) is 0 Å². The van der Waals surface area contributed by atoms with Gasteiger partial charge in [0.1, 0.15) is 12.4 Å². The highest BCUT2D eigenvalue weighted by Crippen LogP contribution is 2.30. The molecule has 1 fully saturated rings. The van der Waals surface area contributed by atoms with E-state index in [1.807, 2.05) is 25.1 Å². The topological polar surface area (TPSA) is 61.9 Å². The average Bonchev–Trinajstić information content (AvgIpc) is 2.64. The van der Waals surface area contributed by atoms with Crippen molar-refractivity contribution < 1.29 is 18.7 Å². The Balaban J connectivity index is 1.82. The number of anilines is 2. The highest BCUT2D eigenvalue weighted by atomic mass is 19.1. The highest BCUT2D eigenvalue weighted by molar-refractivity contribution is 6.01. The van der Waals surface area contributed by atoms with Crippen LogP contribution in [0, 0.1) is 12.7 Å². The van der Waals surface area contributed by atoms with Crippen LogP contribution in [0.3, 0.4) is 0 Å². The summed E-state index contributed by atoms with van der Waals surface area (Å²) in [5, 5.41) is 2.82. The molecule has 0 spiro atoms. The first-order chi connectivity index (χ1) is 13.5. The van der Waals surface area contributed by atoms with Crippen LogP contribution in [0.4, 0.5) is 20.6 Å². The molecule has 0 atom stereocenters. The van der Waals surface area contributed by atoms with Crippen LogP contribution in [0.5, 0.6) is 0 Å². The molecule has 1 heterocycles. The zero-order valence-corrected chi connectivity index (χ0v) is 16.1. The Morgan fingerprint density at radius 3 is 2.79 bits per heavy atom.